The van der Waals surface area contributed by atoms with Crippen molar-refractivity contribution in [3.8, 4) is 0 Å². The van der Waals surface area contributed by atoms with Gasteiger partial charge in [-0.15, -0.1) is 10.2 Å². The van der Waals surface area contributed by atoms with Gasteiger partial charge in [-0.05, 0) is 17.6 Å². The molecule has 1 rings (SSSR count). The summed E-state index contributed by atoms with van der Waals surface area (Å²) in [7, 11) is 0. The van der Waals surface area contributed by atoms with E-state index in [0.29, 0.717) is 5.75 Å². The highest BCUT2D eigenvalue weighted by Gasteiger charge is 2.11. The first-order valence-electron chi connectivity index (χ1n) is 6.26. The molecule has 4 nitrogen and oxygen atoms in total. The van der Waals surface area contributed by atoms with E-state index in [9.17, 15) is 4.79 Å². The normalized spacial score (nSPS) is 11.6. The summed E-state index contributed by atoms with van der Waals surface area (Å²) in [5.74, 6) is 1.47. The highest BCUT2D eigenvalue weighted by Crippen LogP contribution is 2.28. The minimum Gasteiger partial charge on any atom is -0.355 e. The Labute approximate surface area is 127 Å². The smallest absolute Gasteiger partial charge is 0.230 e. The highest BCUT2D eigenvalue weighted by atomic mass is 32.2. The van der Waals surface area contributed by atoms with Gasteiger partial charge >= 0.3 is 0 Å². The molecule has 0 aliphatic carbocycles. The Balaban J connectivity index is 2.22. The fourth-order valence-corrected chi connectivity index (χ4v) is 3.94. The summed E-state index contributed by atoms with van der Waals surface area (Å²) < 4.78 is 1.83. The molecule has 0 spiro atoms. The number of nitrogens with one attached hydrogen (secondary N) is 1. The molecular weight excluding hydrogens is 298 g/mol. The maximum absolute atomic E-state index is 11.7. The van der Waals surface area contributed by atoms with Crippen LogP contribution in [0, 0.1) is 5.41 Å². The summed E-state index contributed by atoms with van der Waals surface area (Å²) in [5, 5.41) is 11.0. The van der Waals surface area contributed by atoms with Crippen molar-refractivity contribution in [2.24, 2.45) is 5.41 Å². The summed E-state index contributed by atoms with van der Waals surface area (Å²) in [6.07, 6.45) is 0.986. The maximum Gasteiger partial charge on any atom is 0.230 e. The van der Waals surface area contributed by atoms with Crippen LogP contribution in [-0.2, 0) is 4.79 Å². The predicted molar refractivity (Wildman–Crippen MR) is 84.1 cm³/mol. The Hall–Kier alpha value is -0.270. The van der Waals surface area contributed by atoms with Gasteiger partial charge in [-0.1, -0.05) is 62.6 Å². The molecule has 0 aliphatic heterocycles. The molecule has 108 valence electrons. The van der Waals surface area contributed by atoms with E-state index in [0.717, 1.165) is 27.4 Å². The number of carbonyl (C=O) groups excluding carboxylic acids is 1. The minimum atomic E-state index is 0.0640. The van der Waals surface area contributed by atoms with Crippen molar-refractivity contribution in [2.45, 2.75) is 42.8 Å². The average Bonchev–Trinajstić information content (AvgIpc) is 2.73. The Kier molecular flexibility index (Phi) is 7.17. The van der Waals surface area contributed by atoms with Crippen molar-refractivity contribution in [2.75, 3.05) is 18.1 Å². The number of rotatable bonds is 7. The van der Waals surface area contributed by atoms with Gasteiger partial charge in [0.25, 0.3) is 0 Å². The fraction of sp³-hybridized carbons (Fsp3) is 0.750. The molecule has 0 saturated heterocycles. The zero-order valence-corrected chi connectivity index (χ0v) is 14.3. The van der Waals surface area contributed by atoms with E-state index in [1.165, 1.54) is 11.8 Å². The third-order valence-corrected chi connectivity index (χ3v) is 5.25. The largest absolute Gasteiger partial charge is 0.355 e. The monoisotopic (exact) mass is 319 g/mol. The van der Waals surface area contributed by atoms with Gasteiger partial charge in [0.15, 0.2) is 8.68 Å². The molecule has 0 fully saturated rings. The SMILES string of the molecule is CCSc1nnc(SCC(=O)NCCC(C)(C)C)s1. The van der Waals surface area contributed by atoms with Crippen molar-refractivity contribution in [3.63, 3.8) is 0 Å². The molecule has 0 atom stereocenters. The van der Waals surface area contributed by atoms with Gasteiger partial charge in [0, 0.05) is 6.54 Å². The molecule has 0 aromatic carbocycles. The number of hydrogen-bond acceptors (Lipinski definition) is 6. The average molecular weight is 320 g/mol. The fourth-order valence-electron chi connectivity index (χ4n) is 1.19. The van der Waals surface area contributed by atoms with Crippen LogP contribution in [0.3, 0.4) is 0 Å². The van der Waals surface area contributed by atoms with E-state index in [1.54, 1.807) is 23.1 Å². The van der Waals surface area contributed by atoms with Crippen LogP contribution >= 0.6 is 34.9 Å². The van der Waals surface area contributed by atoms with Gasteiger partial charge in [0.05, 0.1) is 5.75 Å². The molecule has 7 heteroatoms. The molecule has 1 amide bonds. The van der Waals surface area contributed by atoms with E-state index in [4.69, 9.17) is 0 Å². The zero-order chi connectivity index (χ0) is 14.3. The summed E-state index contributed by atoms with van der Waals surface area (Å²) in [6.45, 7) is 9.32. The van der Waals surface area contributed by atoms with E-state index < -0.39 is 0 Å². The summed E-state index contributed by atoms with van der Waals surface area (Å²) >= 11 is 4.68. The van der Waals surface area contributed by atoms with Crippen LogP contribution in [0.25, 0.3) is 0 Å². The van der Waals surface area contributed by atoms with E-state index in [-0.39, 0.29) is 11.3 Å². The molecule has 0 aliphatic rings. The molecule has 0 unspecified atom stereocenters. The summed E-state index contributed by atoms with van der Waals surface area (Å²) in [5.41, 5.74) is 0.256. The Morgan fingerprint density at radius 1 is 1.26 bits per heavy atom. The summed E-state index contributed by atoms with van der Waals surface area (Å²) in [4.78, 5) is 11.7. The molecule has 0 bridgehead atoms. The molecule has 0 saturated carbocycles. The zero-order valence-electron chi connectivity index (χ0n) is 11.9. The molecule has 1 heterocycles. The number of hydrogen-bond donors (Lipinski definition) is 1. The van der Waals surface area contributed by atoms with Gasteiger partial charge in [-0.3, -0.25) is 4.79 Å². The van der Waals surface area contributed by atoms with Crippen LogP contribution < -0.4 is 5.32 Å². The van der Waals surface area contributed by atoms with E-state index >= 15 is 0 Å². The third-order valence-electron chi connectivity index (χ3n) is 2.18. The minimum absolute atomic E-state index is 0.0640. The number of aromatic nitrogens is 2. The van der Waals surface area contributed by atoms with E-state index in [2.05, 4.69) is 43.2 Å². The second-order valence-corrected chi connectivity index (χ2v) is 8.93. The second kappa shape index (κ2) is 8.11. The van der Waals surface area contributed by atoms with Gasteiger partial charge in [0.1, 0.15) is 0 Å². The number of amides is 1. The molecular formula is C12H21N3OS3. The number of thioether (sulfide) groups is 2. The first-order chi connectivity index (χ1) is 8.90. The van der Waals surface area contributed by atoms with Crippen molar-refractivity contribution in [1.29, 1.82) is 0 Å². The lowest BCUT2D eigenvalue weighted by molar-refractivity contribution is -0.118. The van der Waals surface area contributed by atoms with Crippen LogP contribution in [0.1, 0.15) is 34.1 Å². The molecule has 0 radical (unpaired) electrons. The topological polar surface area (TPSA) is 54.9 Å². The van der Waals surface area contributed by atoms with E-state index in [1.807, 2.05) is 0 Å². The molecule has 1 aromatic rings. The predicted octanol–water partition coefficient (Wildman–Crippen LogP) is 3.29. The maximum atomic E-state index is 11.7. The van der Waals surface area contributed by atoms with Crippen molar-refractivity contribution < 1.29 is 4.79 Å². The van der Waals surface area contributed by atoms with Crippen LogP contribution in [0.2, 0.25) is 0 Å². The lowest BCUT2D eigenvalue weighted by Gasteiger charge is -2.17. The summed E-state index contributed by atoms with van der Waals surface area (Å²) in [6, 6.07) is 0. The number of carbonyl (C=O) groups is 1. The van der Waals surface area contributed by atoms with Crippen molar-refractivity contribution in [3.05, 3.63) is 0 Å². The van der Waals surface area contributed by atoms with Gasteiger partial charge in [-0.2, -0.15) is 0 Å². The Bertz CT molecular complexity index is 401. The molecule has 19 heavy (non-hydrogen) atoms. The third kappa shape index (κ3) is 7.79. The first-order valence-corrected chi connectivity index (χ1v) is 9.05. The standard InChI is InChI=1S/C12H21N3OS3/c1-5-17-10-14-15-11(19-10)18-8-9(16)13-7-6-12(2,3)4/h5-8H2,1-4H3,(H,13,16). The molecule has 1 aromatic heterocycles. The van der Waals surface area contributed by atoms with Crippen LogP contribution in [0.15, 0.2) is 8.68 Å². The van der Waals surface area contributed by atoms with Crippen LogP contribution in [0.5, 0.6) is 0 Å². The van der Waals surface area contributed by atoms with Crippen LogP contribution in [0.4, 0.5) is 0 Å². The highest BCUT2D eigenvalue weighted by molar-refractivity contribution is 8.03. The lowest BCUT2D eigenvalue weighted by Crippen LogP contribution is -2.28. The first kappa shape index (κ1) is 16.8. The van der Waals surface area contributed by atoms with Gasteiger partial charge in [-0.25, -0.2) is 0 Å². The molecule has 1 N–H and O–H groups in total. The Morgan fingerprint density at radius 2 is 1.89 bits per heavy atom. The quantitative estimate of drug-likeness (QED) is 0.782. The van der Waals surface area contributed by atoms with Gasteiger partial charge in [0.2, 0.25) is 5.91 Å². The van der Waals surface area contributed by atoms with Crippen molar-refractivity contribution in [1.82, 2.24) is 15.5 Å². The van der Waals surface area contributed by atoms with Gasteiger partial charge < -0.3 is 5.32 Å². The lowest BCUT2D eigenvalue weighted by atomic mass is 9.92. The second-order valence-electron chi connectivity index (χ2n) is 5.22. The van der Waals surface area contributed by atoms with Crippen LogP contribution in [-0.4, -0.2) is 34.2 Å². The number of nitrogens with zero attached hydrogens (tertiary/aromatic N) is 2. The van der Waals surface area contributed by atoms with Crippen molar-refractivity contribution >= 4 is 40.8 Å². The Morgan fingerprint density at radius 3 is 2.47 bits per heavy atom.